The van der Waals surface area contributed by atoms with Gasteiger partial charge in [0, 0.05) is 12.3 Å². The third kappa shape index (κ3) is 6.86. The molecule has 0 fully saturated rings. The second kappa shape index (κ2) is 12.0. The Morgan fingerprint density at radius 1 is 0.872 bits per heavy atom. The fraction of sp³-hybridized carbons (Fsp3) is 0.424. The highest BCUT2D eigenvalue weighted by Crippen LogP contribution is 2.47. The summed E-state index contributed by atoms with van der Waals surface area (Å²) < 4.78 is 17.2. The van der Waals surface area contributed by atoms with Gasteiger partial charge in [-0.25, -0.2) is 14.6 Å². The van der Waals surface area contributed by atoms with Gasteiger partial charge in [0.05, 0.1) is 12.2 Å². The quantitative estimate of drug-likeness (QED) is 0.199. The third-order valence-corrected chi connectivity index (χ3v) is 7.56. The molecule has 3 aromatic rings. The molecule has 1 aromatic heterocycles. The number of carbonyl (C=O) groups is 2. The van der Waals surface area contributed by atoms with Crippen molar-refractivity contribution in [3.05, 3.63) is 88.6 Å². The number of hydrogen-bond donors (Lipinski definition) is 0. The van der Waals surface area contributed by atoms with Gasteiger partial charge in [0.25, 0.3) is 0 Å². The van der Waals surface area contributed by atoms with Crippen LogP contribution < -0.4 is 9.47 Å². The summed E-state index contributed by atoms with van der Waals surface area (Å²) in [6.07, 6.45) is 6.52. The van der Waals surface area contributed by atoms with Crippen LogP contribution in [0.3, 0.4) is 0 Å². The number of benzene rings is 2. The zero-order valence-corrected chi connectivity index (χ0v) is 23.7. The maximum absolute atomic E-state index is 13.4. The number of fused-ring (bicyclic) bond motifs is 1. The van der Waals surface area contributed by atoms with E-state index in [9.17, 15) is 9.59 Å². The van der Waals surface area contributed by atoms with E-state index in [2.05, 4.69) is 39.6 Å². The highest BCUT2D eigenvalue weighted by Gasteiger charge is 2.38. The van der Waals surface area contributed by atoms with Crippen molar-refractivity contribution in [1.29, 1.82) is 0 Å². The minimum absolute atomic E-state index is 0.0126. The van der Waals surface area contributed by atoms with Crippen molar-refractivity contribution in [3.63, 3.8) is 0 Å². The molecule has 2 aromatic carbocycles. The lowest BCUT2D eigenvalue weighted by Gasteiger charge is -2.42. The van der Waals surface area contributed by atoms with Crippen molar-refractivity contribution in [2.75, 3.05) is 6.61 Å². The summed E-state index contributed by atoms with van der Waals surface area (Å²) in [6.45, 7) is 11.8. The normalized spacial score (nSPS) is 15.2. The maximum Gasteiger partial charge on any atom is 0.348 e. The van der Waals surface area contributed by atoms with Gasteiger partial charge in [-0.15, -0.1) is 0 Å². The Morgan fingerprint density at radius 2 is 1.56 bits per heavy atom. The lowest BCUT2D eigenvalue weighted by atomic mass is 9.63. The van der Waals surface area contributed by atoms with Gasteiger partial charge in [-0.2, -0.15) is 0 Å². The number of carbonyl (C=O) groups excluding carboxylic acids is 2. The molecule has 206 valence electrons. The van der Waals surface area contributed by atoms with Gasteiger partial charge in [-0.3, -0.25) is 0 Å². The van der Waals surface area contributed by atoms with Crippen molar-refractivity contribution in [1.82, 2.24) is 4.98 Å². The van der Waals surface area contributed by atoms with Crippen LogP contribution in [-0.2, 0) is 22.2 Å². The molecule has 1 aliphatic carbocycles. The van der Waals surface area contributed by atoms with Crippen LogP contribution in [0.25, 0.3) is 0 Å². The molecule has 0 saturated heterocycles. The van der Waals surface area contributed by atoms with Crippen molar-refractivity contribution >= 4 is 11.9 Å². The van der Waals surface area contributed by atoms with E-state index in [-0.39, 0.29) is 28.9 Å². The van der Waals surface area contributed by atoms with E-state index < -0.39 is 11.9 Å². The molecule has 0 radical (unpaired) electrons. The van der Waals surface area contributed by atoms with Gasteiger partial charge in [0.1, 0.15) is 17.9 Å². The third-order valence-electron chi connectivity index (χ3n) is 7.56. The average Bonchev–Trinajstić information content (AvgIpc) is 2.93. The molecule has 0 unspecified atom stereocenters. The summed E-state index contributed by atoms with van der Waals surface area (Å²) in [6, 6.07) is 16.5. The molecule has 6 nitrogen and oxygen atoms in total. The summed E-state index contributed by atoms with van der Waals surface area (Å²) in [5, 5.41) is 0. The minimum Gasteiger partial charge on any atom is -0.493 e. The number of nitrogens with zero attached hydrogens (tertiary/aromatic N) is 1. The molecule has 1 aliphatic rings. The number of hydrogen-bond acceptors (Lipinski definition) is 6. The number of unbranched alkanes of at least 4 members (excludes halogenated alkanes) is 2. The Labute approximate surface area is 231 Å². The second-order valence-electron chi connectivity index (χ2n) is 11.6. The van der Waals surface area contributed by atoms with Gasteiger partial charge in [-0.1, -0.05) is 77.8 Å². The van der Waals surface area contributed by atoms with E-state index in [4.69, 9.17) is 14.2 Å². The second-order valence-corrected chi connectivity index (χ2v) is 11.6. The fourth-order valence-electron chi connectivity index (χ4n) is 4.92. The highest BCUT2D eigenvalue weighted by atomic mass is 16.5. The number of ether oxygens (including phenoxy) is 3. The predicted octanol–water partition coefficient (Wildman–Crippen LogP) is 7.58. The molecule has 0 aliphatic heterocycles. The summed E-state index contributed by atoms with van der Waals surface area (Å²) >= 11 is 0. The minimum atomic E-state index is -0.533. The SMILES string of the molecule is CCCCCOc1cc2c(cc1C(=O)Oc1ccc(C(=O)OCc3ccccc3)cn1)C(C)(C)CCC2(C)C. The monoisotopic (exact) mass is 529 g/mol. The smallest absolute Gasteiger partial charge is 0.348 e. The van der Waals surface area contributed by atoms with Crippen molar-refractivity contribution in [3.8, 4) is 11.6 Å². The molecule has 4 rings (SSSR count). The van der Waals surface area contributed by atoms with E-state index in [0.717, 1.165) is 43.2 Å². The van der Waals surface area contributed by atoms with Gasteiger partial charge in [0.15, 0.2) is 0 Å². The number of esters is 2. The first kappa shape index (κ1) is 28.3. The van der Waals surface area contributed by atoms with Gasteiger partial charge in [0.2, 0.25) is 5.88 Å². The summed E-state index contributed by atoms with van der Waals surface area (Å²) in [7, 11) is 0. The van der Waals surface area contributed by atoms with Crippen LogP contribution in [0.5, 0.6) is 11.6 Å². The van der Waals surface area contributed by atoms with E-state index in [1.807, 2.05) is 42.5 Å². The summed E-state index contributed by atoms with van der Waals surface area (Å²) in [4.78, 5) is 30.0. The van der Waals surface area contributed by atoms with Crippen molar-refractivity contribution in [2.24, 2.45) is 0 Å². The zero-order valence-electron chi connectivity index (χ0n) is 23.7. The average molecular weight is 530 g/mol. The Kier molecular flexibility index (Phi) is 8.73. The molecule has 0 bridgehead atoms. The Morgan fingerprint density at radius 3 is 2.21 bits per heavy atom. The lowest BCUT2D eigenvalue weighted by molar-refractivity contribution is 0.0472. The first-order valence-corrected chi connectivity index (χ1v) is 13.8. The number of aromatic nitrogens is 1. The van der Waals surface area contributed by atoms with E-state index in [1.165, 1.54) is 17.8 Å². The van der Waals surface area contributed by atoms with Crippen LogP contribution in [-0.4, -0.2) is 23.5 Å². The number of rotatable bonds is 10. The first-order valence-electron chi connectivity index (χ1n) is 13.8. The van der Waals surface area contributed by atoms with Crippen LogP contribution in [0.1, 0.15) is 104 Å². The summed E-state index contributed by atoms with van der Waals surface area (Å²) in [5.74, 6) is -0.378. The van der Waals surface area contributed by atoms with Gasteiger partial charge >= 0.3 is 11.9 Å². The number of pyridine rings is 1. The maximum atomic E-state index is 13.4. The Balaban J connectivity index is 1.53. The molecule has 0 amide bonds. The van der Waals surface area contributed by atoms with Crippen LogP contribution >= 0.6 is 0 Å². The van der Waals surface area contributed by atoms with E-state index in [0.29, 0.717) is 17.9 Å². The van der Waals surface area contributed by atoms with E-state index >= 15 is 0 Å². The molecule has 39 heavy (non-hydrogen) atoms. The van der Waals surface area contributed by atoms with Crippen molar-refractivity contribution < 1.29 is 23.8 Å². The molecule has 6 heteroatoms. The highest BCUT2D eigenvalue weighted by molar-refractivity contribution is 5.94. The topological polar surface area (TPSA) is 74.7 Å². The van der Waals surface area contributed by atoms with Crippen LogP contribution in [0.15, 0.2) is 60.8 Å². The fourth-order valence-corrected chi connectivity index (χ4v) is 4.92. The molecule has 0 atom stereocenters. The molecule has 1 heterocycles. The molecule has 0 spiro atoms. The molecular formula is C33H39NO5. The van der Waals surface area contributed by atoms with Gasteiger partial charge < -0.3 is 14.2 Å². The van der Waals surface area contributed by atoms with E-state index in [1.54, 1.807) is 6.07 Å². The summed E-state index contributed by atoms with van der Waals surface area (Å²) in [5.41, 5.74) is 3.86. The predicted molar refractivity (Wildman–Crippen MR) is 152 cm³/mol. The molecule has 0 N–H and O–H groups in total. The van der Waals surface area contributed by atoms with Crippen LogP contribution in [0.4, 0.5) is 0 Å². The molecule has 0 saturated carbocycles. The first-order chi connectivity index (χ1) is 18.6. The standard InChI is InChI=1S/C33H39NO5/c1-6-7-11-18-37-28-20-27-26(32(2,3)16-17-33(27,4)5)19-25(28)31(36)39-29-15-14-24(21-34-29)30(35)38-22-23-12-9-8-10-13-23/h8-10,12-15,19-21H,6-7,11,16-18,22H2,1-5H3. The van der Waals surface area contributed by atoms with Crippen LogP contribution in [0, 0.1) is 0 Å². The largest absolute Gasteiger partial charge is 0.493 e. The Bertz CT molecular complexity index is 1300. The van der Waals surface area contributed by atoms with Gasteiger partial charge in [-0.05, 0) is 65.0 Å². The van der Waals surface area contributed by atoms with Crippen molar-refractivity contribution in [2.45, 2.75) is 84.2 Å². The zero-order chi connectivity index (χ0) is 28.0. The Hall–Kier alpha value is -3.67. The molecular weight excluding hydrogens is 490 g/mol. The van der Waals surface area contributed by atoms with Crippen LogP contribution in [0.2, 0.25) is 0 Å². The lowest BCUT2D eigenvalue weighted by Crippen LogP contribution is -2.34.